The topological polar surface area (TPSA) is 237 Å². The second-order valence-corrected chi connectivity index (χ2v) is 30.2. The molecule has 0 aliphatic heterocycles. The van der Waals surface area contributed by atoms with E-state index in [0.717, 1.165) is 161 Å². The van der Waals surface area contributed by atoms with Crippen molar-refractivity contribution in [3.05, 3.63) is 182 Å². The highest BCUT2D eigenvalue weighted by atomic mass is 31.2. The first kappa shape index (κ1) is 104. The van der Waals surface area contributed by atoms with Gasteiger partial charge in [-0.3, -0.25) is 37.3 Å². The molecule has 0 aliphatic carbocycles. The van der Waals surface area contributed by atoms with Gasteiger partial charge in [0.15, 0.2) is 12.2 Å². The van der Waals surface area contributed by atoms with Crippen LogP contribution >= 0.6 is 15.6 Å². The number of phosphoric ester groups is 2. The van der Waals surface area contributed by atoms with Crippen LogP contribution in [0.3, 0.4) is 0 Å². The number of esters is 4. The molecule has 0 heterocycles. The van der Waals surface area contributed by atoms with Gasteiger partial charge in [0, 0.05) is 25.7 Å². The van der Waals surface area contributed by atoms with Crippen LogP contribution in [0.25, 0.3) is 0 Å². The van der Waals surface area contributed by atoms with Crippen molar-refractivity contribution >= 4 is 39.5 Å². The van der Waals surface area contributed by atoms with E-state index in [-0.39, 0.29) is 25.7 Å². The number of hydrogen-bond donors (Lipinski definition) is 3. The maximum atomic E-state index is 13.1. The first-order chi connectivity index (χ1) is 53.7. The molecular formula is C91H148O17P2. The van der Waals surface area contributed by atoms with Crippen molar-refractivity contribution in [3.63, 3.8) is 0 Å². The second-order valence-electron chi connectivity index (χ2n) is 27.3. The molecule has 110 heavy (non-hydrogen) atoms. The van der Waals surface area contributed by atoms with Crippen LogP contribution in [0.5, 0.6) is 0 Å². The maximum absolute atomic E-state index is 13.1. The van der Waals surface area contributed by atoms with Gasteiger partial charge < -0.3 is 33.8 Å². The molecule has 0 saturated heterocycles. The Balaban J connectivity index is 5.52. The minimum atomic E-state index is -5.02. The Morgan fingerprint density at radius 2 is 0.500 bits per heavy atom. The van der Waals surface area contributed by atoms with E-state index in [9.17, 15) is 43.2 Å². The number of aliphatic hydroxyl groups is 1. The van der Waals surface area contributed by atoms with Gasteiger partial charge in [0.05, 0.1) is 26.4 Å². The van der Waals surface area contributed by atoms with Crippen LogP contribution in [0, 0.1) is 0 Å². The van der Waals surface area contributed by atoms with E-state index in [1.807, 2.05) is 30.4 Å². The zero-order valence-corrected chi connectivity index (χ0v) is 70.1. The summed E-state index contributed by atoms with van der Waals surface area (Å²) >= 11 is 0. The molecule has 624 valence electrons. The Kier molecular flexibility index (Phi) is 76.9. The summed E-state index contributed by atoms with van der Waals surface area (Å²) in [4.78, 5) is 73.2. The molecule has 0 aromatic rings. The lowest BCUT2D eigenvalue weighted by Gasteiger charge is -2.21. The van der Waals surface area contributed by atoms with E-state index in [4.69, 9.17) is 37.0 Å². The van der Waals surface area contributed by atoms with Crippen LogP contribution in [-0.4, -0.2) is 96.7 Å². The van der Waals surface area contributed by atoms with Crippen LogP contribution in [0.4, 0.5) is 0 Å². The number of phosphoric acid groups is 2. The monoisotopic (exact) mass is 1580 g/mol. The molecular weight excluding hydrogens is 1430 g/mol. The van der Waals surface area contributed by atoms with Crippen molar-refractivity contribution < 1.29 is 80.2 Å². The summed E-state index contributed by atoms with van der Waals surface area (Å²) in [5, 5.41) is 10.7. The van der Waals surface area contributed by atoms with Gasteiger partial charge in [0.2, 0.25) is 0 Å². The molecule has 3 N–H and O–H groups in total. The van der Waals surface area contributed by atoms with Crippen molar-refractivity contribution in [2.75, 3.05) is 39.6 Å². The number of carbonyl (C=O) groups is 4. The molecule has 19 heteroatoms. The molecule has 17 nitrogen and oxygen atoms in total. The average molecular weight is 1580 g/mol. The highest BCUT2D eigenvalue weighted by molar-refractivity contribution is 7.47. The van der Waals surface area contributed by atoms with E-state index in [1.165, 1.54) is 57.8 Å². The van der Waals surface area contributed by atoms with E-state index in [2.05, 4.69) is 180 Å². The molecule has 0 amide bonds. The van der Waals surface area contributed by atoms with E-state index in [0.29, 0.717) is 38.5 Å². The third-order valence-electron chi connectivity index (χ3n) is 16.8. The Morgan fingerprint density at radius 3 is 0.845 bits per heavy atom. The molecule has 0 rings (SSSR count). The summed E-state index contributed by atoms with van der Waals surface area (Å²) < 4.78 is 68.6. The second kappa shape index (κ2) is 81.2. The van der Waals surface area contributed by atoms with Crippen LogP contribution in [0.1, 0.15) is 310 Å². The van der Waals surface area contributed by atoms with Crippen molar-refractivity contribution in [1.29, 1.82) is 0 Å². The van der Waals surface area contributed by atoms with Gasteiger partial charge in [-0.15, -0.1) is 0 Å². The first-order valence-corrected chi connectivity index (χ1v) is 45.0. The van der Waals surface area contributed by atoms with Gasteiger partial charge in [-0.05, 0) is 167 Å². The summed E-state index contributed by atoms with van der Waals surface area (Å²) in [5.41, 5.74) is 0. The third kappa shape index (κ3) is 80.2. The molecule has 0 fully saturated rings. The minimum absolute atomic E-state index is 0.00661. The highest BCUT2D eigenvalue weighted by Crippen LogP contribution is 2.45. The van der Waals surface area contributed by atoms with Crippen molar-refractivity contribution in [3.8, 4) is 0 Å². The van der Waals surface area contributed by atoms with Gasteiger partial charge in [0.1, 0.15) is 19.3 Å². The first-order valence-electron chi connectivity index (χ1n) is 42.0. The van der Waals surface area contributed by atoms with E-state index >= 15 is 0 Å². The molecule has 0 spiro atoms. The fourth-order valence-corrected chi connectivity index (χ4v) is 12.1. The van der Waals surface area contributed by atoms with Crippen LogP contribution in [-0.2, 0) is 65.4 Å². The van der Waals surface area contributed by atoms with Gasteiger partial charge in [0.25, 0.3) is 0 Å². The lowest BCUT2D eigenvalue weighted by molar-refractivity contribution is -0.161. The van der Waals surface area contributed by atoms with Crippen LogP contribution in [0.2, 0.25) is 0 Å². The van der Waals surface area contributed by atoms with Crippen LogP contribution < -0.4 is 0 Å². The summed E-state index contributed by atoms with van der Waals surface area (Å²) in [6, 6.07) is 0. The number of unbranched alkanes of at least 4 members (excludes halogenated alkanes) is 21. The Bertz CT molecular complexity index is 2800. The van der Waals surface area contributed by atoms with Gasteiger partial charge in [-0.2, -0.15) is 0 Å². The number of carbonyl (C=O) groups excluding carboxylic acids is 4. The lowest BCUT2D eigenvalue weighted by Crippen LogP contribution is -2.30. The quantitative estimate of drug-likeness (QED) is 0.0169. The van der Waals surface area contributed by atoms with Gasteiger partial charge in [-0.1, -0.05) is 300 Å². The fourth-order valence-electron chi connectivity index (χ4n) is 10.5. The zero-order chi connectivity index (χ0) is 80.3. The Hall–Kier alpha value is -5.84. The average Bonchev–Trinajstić information content (AvgIpc) is 0.906. The summed E-state index contributed by atoms with van der Waals surface area (Å²) in [5.74, 6) is -2.38. The lowest BCUT2D eigenvalue weighted by atomic mass is 10.1. The van der Waals surface area contributed by atoms with Gasteiger partial charge in [-0.25, -0.2) is 9.13 Å². The minimum Gasteiger partial charge on any atom is -0.462 e. The maximum Gasteiger partial charge on any atom is 0.472 e. The smallest absolute Gasteiger partial charge is 0.462 e. The van der Waals surface area contributed by atoms with Crippen molar-refractivity contribution in [1.82, 2.24) is 0 Å². The Morgan fingerprint density at radius 1 is 0.264 bits per heavy atom. The molecule has 0 bridgehead atoms. The molecule has 5 atom stereocenters. The Labute approximate surface area is 666 Å². The molecule has 0 radical (unpaired) electrons. The van der Waals surface area contributed by atoms with Gasteiger partial charge >= 0.3 is 39.5 Å². The number of aliphatic hydroxyl groups excluding tert-OH is 1. The summed E-state index contributed by atoms with van der Waals surface area (Å²) in [6.45, 7) is 4.44. The number of ether oxygens (including phenoxy) is 4. The highest BCUT2D eigenvalue weighted by Gasteiger charge is 2.30. The summed E-state index contributed by atoms with van der Waals surface area (Å²) in [6.07, 6.45) is 98.8. The number of rotatable bonds is 77. The normalized spacial score (nSPS) is 14.7. The largest absolute Gasteiger partial charge is 0.472 e. The van der Waals surface area contributed by atoms with E-state index in [1.54, 1.807) is 0 Å². The predicted molar refractivity (Wildman–Crippen MR) is 454 cm³/mol. The van der Waals surface area contributed by atoms with E-state index < -0.39 is 97.5 Å². The number of allylic oxidation sites excluding steroid dienone is 30. The van der Waals surface area contributed by atoms with Crippen molar-refractivity contribution in [2.24, 2.45) is 0 Å². The molecule has 0 aliphatic rings. The summed E-state index contributed by atoms with van der Waals surface area (Å²) in [7, 11) is -10.0. The molecule has 5 unspecified atom stereocenters. The predicted octanol–water partition coefficient (Wildman–Crippen LogP) is 25.1. The fraction of sp³-hybridized carbons (Fsp3) is 0.626. The third-order valence-corrected chi connectivity index (χ3v) is 18.7. The molecule has 0 saturated carbocycles. The molecule has 0 aromatic heterocycles. The number of hydrogen-bond acceptors (Lipinski definition) is 15. The van der Waals surface area contributed by atoms with Crippen LogP contribution in [0.15, 0.2) is 182 Å². The zero-order valence-electron chi connectivity index (χ0n) is 68.4. The van der Waals surface area contributed by atoms with Crippen molar-refractivity contribution in [2.45, 2.75) is 329 Å². The molecule has 0 aromatic carbocycles. The SMILES string of the molecule is CC/C=C\C/C=C\C/C=C\C/C=C\C/C=C\C/C=C\CCC(=O)OCC(COP(=O)(O)OCC(O)COP(=O)(O)OCC(COC(=O)CCCCCCCC/C=C\C/C=C\C/C=C\CCCCC)OC(=O)CCCCCCC/C=C\CCCCCCCC)OC(=O)CCC/C=C\C/C=C\C/C=C\C/C=C\C/C=C\CC. The standard InChI is InChI=1S/C91H148O17P2/c1-5-9-13-17-21-25-29-33-37-40-42-45-48-51-55-59-63-67-71-75-88(93)101-81-86(107-90(95)77-73-69-65-61-57-53-47-36-32-28-24-20-16-12-8-4)83-105-109(97,98)103-79-85(92)80-104-110(99,100)106-84-87(108-91(96)78-74-70-66-62-58-54-50-44-39-35-31-27-23-19-15-11-7-3)82-102-89(94)76-72-68-64-60-56-52-49-46-43-41-38-34-30-26-22-18-14-10-6-2/h10-11,14-15,21-23,25-27,33-39,42-43,45-47,50,52,54,56,62,64,66,68,85-87,92H,5-9,12-13,16-20,24,28-32,40-41,44,48-49,51,53,55,57-61,63,65,67,69-84H2,1-4H3,(H,97,98)(H,99,100)/b14-10-,15-11-,25-21-,26-22-,27-23-,37-33-,38-34-,39-35-,45-42-,46-43-,47-36-,54-50-,56-52-,66-62-,68-64-.